The summed E-state index contributed by atoms with van der Waals surface area (Å²) < 4.78 is 0. The van der Waals surface area contributed by atoms with Gasteiger partial charge in [-0.2, -0.15) is 0 Å². The van der Waals surface area contributed by atoms with Gasteiger partial charge in [0.1, 0.15) is 5.78 Å². The van der Waals surface area contributed by atoms with Crippen LogP contribution in [0.2, 0.25) is 0 Å². The van der Waals surface area contributed by atoms with Gasteiger partial charge in [0.05, 0.1) is 5.41 Å². The molecule has 0 spiro atoms. The number of nitrogens with two attached hydrogens (primary N) is 1. The van der Waals surface area contributed by atoms with E-state index < -0.39 is 0 Å². The van der Waals surface area contributed by atoms with Crippen molar-refractivity contribution in [3.63, 3.8) is 0 Å². The third kappa shape index (κ3) is 1.17. The number of carbonyl (C=O) groups excluding carboxylic acids is 1. The molecule has 2 rings (SSSR count). The Morgan fingerprint density at radius 2 is 2.33 bits per heavy atom. The van der Waals surface area contributed by atoms with Gasteiger partial charge in [-0.1, -0.05) is 0 Å². The third-order valence-corrected chi connectivity index (χ3v) is 3.11. The van der Waals surface area contributed by atoms with Crippen LogP contribution in [0, 0.1) is 11.3 Å². The fraction of sp³-hybridized carbons (Fsp3) is 0.889. The van der Waals surface area contributed by atoms with E-state index >= 15 is 0 Å². The van der Waals surface area contributed by atoms with E-state index in [1.54, 1.807) is 0 Å². The Kier molecular flexibility index (Phi) is 1.93. The van der Waals surface area contributed by atoms with E-state index in [0.717, 1.165) is 32.4 Å². The van der Waals surface area contributed by atoms with Crippen molar-refractivity contribution in [1.82, 2.24) is 5.32 Å². The monoisotopic (exact) mass is 168 g/mol. The lowest BCUT2D eigenvalue weighted by atomic mass is 9.80. The first-order valence-electron chi connectivity index (χ1n) is 4.74. The minimum atomic E-state index is -0.193. The van der Waals surface area contributed by atoms with Crippen LogP contribution in [0.25, 0.3) is 0 Å². The standard InChI is InChI=1S/C9H16N2O/c10-5-9(3-4-11-6-9)8(12)7-1-2-7/h7,11H,1-6,10H2/t9-/m0/s1. The SMILES string of the molecule is NC[C@@]1(C(=O)C2CC2)CCNC1. The Bertz CT molecular complexity index is 193. The summed E-state index contributed by atoms with van der Waals surface area (Å²) in [5.74, 6) is 0.781. The number of hydrogen-bond acceptors (Lipinski definition) is 3. The highest BCUT2D eigenvalue weighted by Gasteiger charge is 2.46. The molecular weight excluding hydrogens is 152 g/mol. The van der Waals surface area contributed by atoms with Crippen LogP contribution in [0.5, 0.6) is 0 Å². The lowest BCUT2D eigenvalue weighted by Gasteiger charge is -2.24. The summed E-state index contributed by atoms with van der Waals surface area (Å²) in [5, 5.41) is 3.23. The Balaban J connectivity index is 2.09. The van der Waals surface area contributed by atoms with Crippen LogP contribution in [0.4, 0.5) is 0 Å². The second-order valence-electron chi connectivity index (χ2n) is 4.05. The van der Waals surface area contributed by atoms with Gasteiger partial charge in [0.15, 0.2) is 0 Å². The van der Waals surface area contributed by atoms with Crippen molar-refractivity contribution in [2.24, 2.45) is 17.1 Å². The second-order valence-corrected chi connectivity index (χ2v) is 4.05. The van der Waals surface area contributed by atoms with Gasteiger partial charge < -0.3 is 11.1 Å². The molecule has 1 aliphatic heterocycles. The van der Waals surface area contributed by atoms with E-state index in [0.29, 0.717) is 18.2 Å². The summed E-state index contributed by atoms with van der Waals surface area (Å²) >= 11 is 0. The molecule has 0 aromatic carbocycles. The summed E-state index contributed by atoms with van der Waals surface area (Å²) in [7, 11) is 0. The average Bonchev–Trinajstić information content (AvgIpc) is 2.83. The highest BCUT2D eigenvalue weighted by atomic mass is 16.1. The molecule has 2 fully saturated rings. The fourth-order valence-corrected chi connectivity index (χ4v) is 2.01. The molecule has 0 unspecified atom stereocenters. The topological polar surface area (TPSA) is 55.1 Å². The maximum absolute atomic E-state index is 11.8. The molecule has 1 heterocycles. The van der Waals surface area contributed by atoms with Crippen LogP contribution in [0.1, 0.15) is 19.3 Å². The van der Waals surface area contributed by atoms with Crippen LogP contribution in [-0.4, -0.2) is 25.4 Å². The van der Waals surface area contributed by atoms with Gasteiger partial charge in [0.25, 0.3) is 0 Å². The third-order valence-electron chi connectivity index (χ3n) is 3.11. The fourth-order valence-electron chi connectivity index (χ4n) is 2.01. The van der Waals surface area contributed by atoms with Crippen LogP contribution in [0.15, 0.2) is 0 Å². The van der Waals surface area contributed by atoms with E-state index in [1.807, 2.05) is 0 Å². The van der Waals surface area contributed by atoms with Crippen molar-refractivity contribution in [2.45, 2.75) is 19.3 Å². The molecule has 2 aliphatic rings. The van der Waals surface area contributed by atoms with Gasteiger partial charge >= 0.3 is 0 Å². The minimum absolute atomic E-state index is 0.193. The lowest BCUT2D eigenvalue weighted by Crippen LogP contribution is -2.41. The van der Waals surface area contributed by atoms with E-state index in [4.69, 9.17) is 5.73 Å². The van der Waals surface area contributed by atoms with Gasteiger partial charge in [-0.05, 0) is 25.8 Å². The Hall–Kier alpha value is -0.410. The highest BCUT2D eigenvalue weighted by molar-refractivity contribution is 5.89. The molecule has 12 heavy (non-hydrogen) atoms. The average molecular weight is 168 g/mol. The van der Waals surface area contributed by atoms with Gasteiger partial charge in [0, 0.05) is 19.0 Å². The van der Waals surface area contributed by atoms with Crippen molar-refractivity contribution >= 4 is 5.78 Å². The Morgan fingerprint density at radius 3 is 2.75 bits per heavy atom. The van der Waals surface area contributed by atoms with E-state index in [-0.39, 0.29) is 5.41 Å². The van der Waals surface area contributed by atoms with Gasteiger partial charge in [-0.25, -0.2) is 0 Å². The molecule has 1 aliphatic carbocycles. The number of hydrogen-bond donors (Lipinski definition) is 2. The Labute approximate surface area is 72.7 Å². The largest absolute Gasteiger partial charge is 0.329 e. The Morgan fingerprint density at radius 1 is 1.58 bits per heavy atom. The maximum Gasteiger partial charge on any atom is 0.144 e. The molecule has 1 atom stereocenters. The summed E-state index contributed by atoms with van der Waals surface area (Å²) in [6.45, 7) is 2.28. The number of rotatable bonds is 3. The van der Waals surface area contributed by atoms with Gasteiger partial charge in [0.2, 0.25) is 0 Å². The molecule has 1 saturated heterocycles. The number of nitrogens with one attached hydrogen (secondary N) is 1. The predicted octanol–water partition coefficient (Wildman–Crippen LogP) is -0.0961. The normalized spacial score (nSPS) is 35.4. The summed E-state index contributed by atoms with van der Waals surface area (Å²) in [4.78, 5) is 11.8. The van der Waals surface area contributed by atoms with E-state index in [1.165, 1.54) is 0 Å². The molecule has 3 N–H and O–H groups in total. The van der Waals surface area contributed by atoms with Crippen molar-refractivity contribution in [1.29, 1.82) is 0 Å². The second kappa shape index (κ2) is 2.82. The van der Waals surface area contributed by atoms with Crippen molar-refractivity contribution < 1.29 is 4.79 Å². The quantitative estimate of drug-likeness (QED) is 0.619. The molecule has 0 bridgehead atoms. The van der Waals surface area contributed by atoms with E-state index in [9.17, 15) is 4.79 Å². The van der Waals surface area contributed by atoms with Crippen LogP contribution < -0.4 is 11.1 Å². The smallest absolute Gasteiger partial charge is 0.144 e. The molecule has 3 nitrogen and oxygen atoms in total. The summed E-state index contributed by atoms with van der Waals surface area (Å²) in [6, 6.07) is 0. The number of ketones is 1. The van der Waals surface area contributed by atoms with Crippen LogP contribution in [0.3, 0.4) is 0 Å². The van der Waals surface area contributed by atoms with Crippen molar-refractivity contribution in [2.75, 3.05) is 19.6 Å². The molecule has 0 aromatic rings. The molecule has 0 amide bonds. The highest BCUT2D eigenvalue weighted by Crippen LogP contribution is 2.39. The lowest BCUT2D eigenvalue weighted by molar-refractivity contribution is -0.128. The minimum Gasteiger partial charge on any atom is -0.329 e. The van der Waals surface area contributed by atoms with Crippen molar-refractivity contribution in [3.8, 4) is 0 Å². The summed E-state index contributed by atoms with van der Waals surface area (Å²) in [6.07, 6.45) is 3.14. The maximum atomic E-state index is 11.8. The first-order valence-corrected chi connectivity index (χ1v) is 4.74. The van der Waals surface area contributed by atoms with Crippen LogP contribution in [-0.2, 0) is 4.79 Å². The van der Waals surface area contributed by atoms with E-state index in [2.05, 4.69) is 5.32 Å². The molecule has 0 aromatic heterocycles. The molecule has 1 saturated carbocycles. The zero-order chi connectivity index (χ0) is 8.60. The first-order chi connectivity index (χ1) is 5.78. The zero-order valence-electron chi connectivity index (χ0n) is 7.31. The van der Waals surface area contributed by atoms with Crippen molar-refractivity contribution in [3.05, 3.63) is 0 Å². The first kappa shape index (κ1) is 8.20. The van der Waals surface area contributed by atoms with Gasteiger partial charge in [-0.15, -0.1) is 0 Å². The molecule has 3 heteroatoms. The molecule has 68 valence electrons. The summed E-state index contributed by atoms with van der Waals surface area (Å²) in [5.41, 5.74) is 5.48. The molecule has 0 radical (unpaired) electrons. The molecular formula is C9H16N2O. The predicted molar refractivity (Wildman–Crippen MR) is 46.7 cm³/mol. The van der Waals surface area contributed by atoms with Gasteiger partial charge in [-0.3, -0.25) is 4.79 Å². The zero-order valence-corrected chi connectivity index (χ0v) is 7.31. The van der Waals surface area contributed by atoms with Crippen LogP contribution >= 0.6 is 0 Å². The number of Topliss-reactive ketones (excluding diaryl/α,β-unsaturated/α-hetero) is 1. The number of carbonyl (C=O) groups is 1.